The average Bonchev–Trinajstić information content (AvgIpc) is 2.83. The second kappa shape index (κ2) is 14.9. The lowest BCUT2D eigenvalue weighted by molar-refractivity contribution is -0.159. The molecule has 0 aromatic carbocycles. The number of allylic oxidation sites excluding steroid dienone is 2. The molecule has 0 spiro atoms. The number of rotatable bonds is 15. The maximum atomic E-state index is 12.6. The topological polar surface area (TPSA) is 83.8 Å². The van der Waals surface area contributed by atoms with E-state index in [1.807, 2.05) is 19.9 Å². The third-order valence-electron chi connectivity index (χ3n) is 8.30. The average molecular weight is 491 g/mol. The summed E-state index contributed by atoms with van der Waals surface area (Å²) in [7, 11) is 0. The van der Waals surface area contributed by atoms with Gasteiger partial charge in [0.25, 0.3) is 0 Å². The molecule has 0 saturated carbocycles. The molecule has 200 valence electrons. The maximum Gasteiger partial charge on any atom is 0.308 e. The van der Waals surface area contributed by atoms with Gasteiger partial charge in [-0.25, -0.2) is 0 Å². The largest absolute Gasteiger partial charge is 0.461 e. The van der Waals surface area contributed by atoms with E-state index in [9.17, 15) is 19.8 Å². The van der Waals surface area contributed by atoms with Crippen LogP contribution in [0.3, 0.4) is 0 Å². The fourth-order valence-electron chi connectivity index (χ4n) is 5.71. The number of Topliss-reactive ketones (excluding diaryl/α,β-unsaturated/α-hetero) is 1. The monoisotopic (exact) mass is 490 g/mol. The summed E-state index contributed by atoms with van der Waals surface area (Å²) in [6.07, 6.45) is 13.5. The highest BCUT2D eigenvalue weighted by Crippen LogP contribution is 2.44. The predicted octanol–water partition coefficient (Wildman–Crippen LogP) is 6.17. The zero-order valence-corrected chi connectivity index (χ0v) is 22.7. The zero-order chi connectivity index (χ0) is 26.0. The van der Waals surface area contributed by atoms with Crippen molar-refractivity contribution < 1.29 is 24.5 Å². The van der Waals surface area contributed by atoms with Gasteiger partial charge in [-0.3, -0.25) is 9.59 Å². The fraction of sp³-hybridized carbons (Fsp3) is 0.800. The smallest absolute Gasteiger partial charge is 0.308 e. The molecule has 2 aliphatic rings. The van der Waals surface area contributed by atoms with Crippen LogP contribution in [0.25, 0.3) is 0 Å². The van der Waals surface area contributed by atoms with Crippen LogP contribution in [-0.4, -0.2) is 40.3 Å². The molecule has 5 nitrogen and oxygen atoms in total. The summed E-state index contributed by atoms with van der Waals surface area (Å²) in [6.45, 7) is 10.3. The first-order valence-electron chi connectivity index (χ1n) is 14.2. The molecule has 0 aromatic heterocycles. The molecule has 0 saturated heterocycles. The number of esters is 1. The van der Waals surface area contributed by atoms with Crippen molar-refractivity contribution in [3.63, 3.8) is 0 Å². The van der Waals surface area contributed by atoms with Crippen LogP contribution in [-0.2, 0) is 14.3 Å². The molecular weight excluding hydrogens is 440 g/mol. The first kappa shape index (κ1) is 29.8. The van der Waals surface area contributed by atoms with Gasteiger partial charge in [0.05, 0.1) is 18.1 Å². The Bertz CT molecular complexity index is 726. The lowest BCUT2D eigenvalue weighted by Gasteiger charge is -2.43. The van der Waals surface area contributed by atoms with Crippen LogP contribution in [0.15, 0.2) is 23.8 Å². The van der Waals surface area contributed by atoms with E-state index in [-0.39, 0.29) is 35.7 Å². The van der Waals surface area contributed by atoms with Crippen molar-refractivity contribution in [3.8, 4) is 0 Å². The van der Waals surface area contributed by atoms with Gasteiger partial charge in [0.15, 0.2) is 0 Å². The Morgan fingerprint density at radius 3 is 2.51 bits per heavy atom. The lowest BCUT2D eigenvalue weighted by atomic mass is 9.66. The fourth-order valence-corrected chi connectivity index (χ4v) is 5.71. The minimum atomic E-state index is -0.609. The summed E-state index contributed by atoms with van der Waals surface area (Å²) < 4.78 is 5.95. The molecule has 0 amide bonds. The van der Waals surface area contributed by atoms with Gasteiger partial charge in [-0.15, -0.1) is 0 Å². The first-order chi connectivity index (χ1) is 16.7. The van der Waals surface area contributed by atoms with E-state index in [2.05, 4.69) is 32.9 Å². The van der Waals surface area contributed by atoms with Gasteiger partial charge in [-0.2, -0.15) is 0 Å². The van der Waals surface area contributed by atoms with Gasteiger partial charge in [-0.05, 0) is 62.4 Å². The Balaban J connectivity index is 1.94. The van der Waals surface area contributed by atoms with Crippen LogP contribution in [0.4, 0.5) is 0 Å². The first-order valence-corrected chi connectivity index (χ1v) is 14.2. The Labute approximate surface area is 213 Å². The van der Waals surface area contributed by atoms with Crippen LogP contribution >= 0.6 is 0 Å². The number of unbranched alkanes of at least 4 members (excludes halogenated alkanes) is 1. The number of ether oxygens (including phenoxy) is 1. The summed E-state index contributed by atoms with van der Waals surface area (Å²) in [6, 6.07) is 0. The highest BCUT2D eigenvalue weighted by molar-refractivity contribution is 5.80. The molecule has 0 radical (unpaired) electrons. The number of ketones is 1. The predicted molar refractivity (Wildman–Crippen MR) is 141 cm³/mol. The van der Waals surface area contributed by atoms with Gasteiger partial charge in [-0.1, -0.05) is 65.7 Å². The standard InChI is InChI=1S/C30H50O5/c1-6-9-11-22(8-3)27(33)13-10-12-24(31)16-17-26-21(5)14-15-23-18-25(32)19-28(29(23)26)35-30(34)20(4)7-2/h14-15,18,20-22,24-26,28-29,31-32H,6-13,16-17,19H2,1-5H3. The van der Waals surface area contributed by atoms with E-state index in [4.69, 9.17) is 4.74 Å². The van der Waals surface area contributed by atoms with Crippen molar-refractivity contribution in [2.75, 3.05) is 0 Å². The van der Waals surface area contributed by atoms with Crippen molar-refractivity contribution >= 4 is 11.8 Å². The van der Waals surface area contributed by atoms with E-state index in [0.717, 1.165) is 50.5 Å². The number of fused-ring (bicyclic) bond motifs is 1. The molecule has 0 heterocycles. The van der Waals surface area contributed by atoms with E-state index >= 15 is 0 Å². The second-order valence-electron chi connectivity index (χ2n) is 11.0. The molecule has 2 aliphatic carbocycles. The van der Waals surface area contributed by atoms with Crippen molar-refractivity contribution in [1.82, 2.24) is 0 Å². The Kier molecular flexibility index (Phi) is 12.7. The van der Waals surface area contributed by atoms with Crippen molar-refractivity contribution in [1.29, 1.82) is 0 Å². The number of hydrogen-bond donors (Lipinski definition) is 2. The van der Waals surface area contributed by atoms with E-state index < -0.39 is 12.2 Å². The van der Waals surface area contributed by atoms with Crippen molar-refractivity contribution in [3.05, 3.63) is 23.8 Å². The molecule has 8 atom stereocenters. The summed E-state index contributed by atoms with van der Waals surface area (Å²) in [5, 5.41) is 21.1. The summed E-state index contributed by atoms with van der Waals surface area (Å²) >= 11 is 0. The second-order valence-corrected chi connectivity index (χ2v) is 11.0. The van der Waals surface area contributed by atoms with Crippen LogP contribution < -0.4 is 0 Å². The molecule has 0 aromatic rings. The third-order valence-corrected chi connectivity index (χ3v) is 8.30. The number of hydrogen-bond acceptors (Lipinski definition) is 5. The molecular formula is C30H50O5. The van der Waals surface area contributed by atoms with Gasteiger partial charge in [0.1, 0.15) is 11.9 Å². The Morgan fingerprint density at radius 1 is 1.11 bits per heavy atom. The number of carbonyl (C=O) groups excluding carboxylic acids is 2. The number of aliphatic hydroxyl groups is 2. The maximum absolute atomic E-state index is 12.6. The molecule has 2 rings (SSSR count). The minimum Gasteiger partial charge on any atom is -0.461 e. The van der Waals surface area contributed by atoms with Crippen LogP contribution in [0, 0.1) is 29.6 Å². The highest BCUT2D eigenvalue weighted by atomic mass is 16.5. The molecule has 0 bridgehead atoms. The molecule has 5 heteroatoms. The van der Waals surface area contributed by atoms with Gasteiger partial charge < -0.3 is 14.9 Å². The van der Waals surface area contributed by atoms with Gasteiger partial charge in [0.2, 0.25) is 0 Å². The van der Waals surface area contributed by atoms with Crippen LogP contribution in [0.5, 0.6) is 0 Å². The van der Waals surface area contributed by atoms with E-state index in [1.54, 1.807) is 0 Å². The SMILES string of the molecule is CCCCC(CC)C(=O)CCCC(O)CCC1C(C)C=CC2=CC(O)CC(OC(=O)C(C)CC)C21. The molecule has 2 N–H and O–H groups in total. The van der Waals surface area contributed by atoms with Crippen LogP contribution in [0.1, 0.15) is 105 Å². The van der Waals surface area contributed by atoms with Gasteiger partial charge in [0, 0.05) is 24.7 Å². The van der Waals surface area contributed by atoms with Crippen molar-refractivity contribution in [2.45, 2.75) is 124 Å². The van der Waals surface area contributed by atoms with Crippen LogP contribution in [0.2, 0.25) is 0 Å². The van der Waals surface area contributed by atoms with Gasteiger partial charge >= 0.3 is 5.97 Å². The van der Waals surface area contributed by atoms with E-state index in [1.165, 1.54) is 0 Å². The third kappa shape index (κ3) is 8.86. The summed E-state index contributed by atoms with van der Waals surface area (Å²) in [5.41, 5.74) is 1.05. The highest BCUT2D eigenvalue weighted by Gasteiger charge is 2.42. The summed E-state index contributed by atoms with van der Waals surface area (Å²) in [5.74, 6) is 0.753. The Hall–Kier alpha value is -1.46. The Morgan fingerprint density at radius 2 is 1.86 bits per heavy atom. The minimum absolute atomic E-state index is 0.0454. The molecule has 0 fully saturated rings. The number of aliphatic hydroxyl groups excluding tert-OH is 2. The zero-order valence-electron chi connectivity index (χ0n) is 22.7. The van der Waals surface area contributed by atoms with E-state index in [0.29, 0.717) is 37.4 Å². The quantitative estimate of drug-likeness (QED) is 0.268. The number of carbonyl (C=O) groups is 2. The molecule has 0 aliphatic heterocycles. The normalized spacial score (nSPS) is 28.5. The lowest BCUT2D eigenvalue weighted by Crippen LogP contribution is -2.43. The molecule has 8 unspecified atom stereocenters. The summed E-state index contributed by atoms with van der Waals surface area (Å²) in [4.78, 5) is 25.1. The molecule has 35 heavy (non-hydrogen) atoms. The van der Waals surface area contributed by atoms with Crippen molar-refractivity contribution in [2.24, 2.45) is 29.6 Å².